The van der Waals surface area contributed by atoms with E-state index in [-0.39, 0.29) is 0 Å². The van der Waals surface area contributed by atoms with Crippen molar-refractivity contribution < 1.29 is 0 Å². The van der Waals surface area contributed by atoms with Crippen LogP contribution in [0, 0.1) is 13.8 Å². The molecule has 0 radical (unpaired) electrons. The van der Waals surface area contributed by atoms with Crippen LogP contribution in [0.15, 0.2) is 61.7 Å². The minimum absolute atomic E-state index is 1.30. The lowest BCUT2D eigenvalue weighted by Gasteiger charge is -2.05. The van der Waals surface area contributed by atoms with Gasteiger partial charge in [-0.05, 0) is 30.5 Å². The molecule has 0 spiro atoms. The zero-order valence-electron chi connectivity index (χ0n) is 10.0. The van der Waals surface area contributed by atoms with Crippen molar-refractivity contribution >= 4 is 0 Å². The van der Waals surface area contributed by atoms with Gasteiger partial charge in [-0.2, -0.15) is 0 Å². The summed E-state index contributed by atoms with van der Waals surface area (Å²) in [6, 6.07) is 17.1. The Morgan fingerprint density at radius 1 is 0.750 bits per heavy atom. The Bertz CT molecular complexity index is 438. The van der Waals surface area contributed by atoms with E-state index in [1.54, 1.807) is 0 Å². The maximum atomic E-state index is 3.00. The average Bonchev–Trinajstić information content (AvgIpc) is 2.34. The monoisotopic (exact) mass is 210 g/mol. The zero-order chi connectivity index (χ0) is 12.0. The van der Waals surface area contributed by atoms with Crippen molar-refractivity contribution in [2.75, 3.05) is 0 Å². The van der Waals surface area contributed by atoms with E-state index in [1.165, 1.54) is 22.3 Å². The van der Waals surface area contributed by atoms with Crippen molar-refractivity contribution in [2.45, 2.75) is 13.8 Å². The number of rotatable bonds is 1. The molecule has 2 rings (SSSR count). The van der Waals surface area contributed by atoms with Gasteiger partial charge < -0.3 is 0 Å². The molecule has 0 bridgehead atoms. The third-order valence-corrected chi connectivity index (χ3v) is 2.51. The first-order valence-electron chi connectivity index (χ1n) is 5.40. The van der Waals surface area contributed by atoms with Crippen LogP contribution in [0.25, 0.3) is 11.1 Å². The van der Waals surface area contributed by atoms with E-state index in [1.807, 2.05) is 0 Å². The fourth-order valence-corrected chi connectivity index (χ4v) is 1.63. The molecule has 0 aromatic heterocycles. The topological polar surface area (TPSA) is 0 Å². The summed E-state index contributed by atoms with van der Waals surface area (Å²) >= 11 is 0. The van der Waals surface area contributed by atoms with Crippen LogP contribution in [0.3, 0.4) is 0 Å². The average molecular weight is 210 g/mol. The molecular formula is C16H18. The Morgan fingerprint density at radius 3 is 1.88 bits per heavy atom. The molecule has 0 saturated heterocycles. The Morgan fingerprint density at radius 2 is 1.31 bits per heavy atom. The summed E-state index contributed by atoms with van der Waals surface area (Å²) in [4.78, 5) is 0. The summed E-state index contributed by atoms with van der Waals surface area (Å²) in [5.41, 5.74) is 5.26. The third kappa shape index (κ3) is 2.83. The maximum Gasteiger partial charge on any atom is -0.0155 e. The van der Waals surface area contributed by atoms with Crippen LogP contribution in [0.5, 0.6) is 0 Å². The minimum Gasteiger partial charge on any atom is -0.106 e. The molecule has 0 aliphatic rings. The molecule has 0 heterocycles. The number of hydrogen-bond acceptors (Lipinski definition) is 0. The second-order valence-corrected chi connectivity index (χ2v) is 3.68. The normalized spacial score (nSPS) is 9.12. The first kappa shape index (κ1) is 12.3. The molecule has 0 N–H and O–H groups in total. The fourth-order valence-electron chi connectivity index (χ4n) is 1.63. The highest BCUT2D eigenvalue weighted by Crippen LogP contribution is 2.22. The minimum atomic E-state index is 1.30. The van der Waals surface area contributed by atoms with Crippen molar-refractivity contribution in [3.63, 3.8) is 0 Å². The van der Waals surface area contributed by atoms with Crippen LogP contribution < -0.4 is 0 Å². The largest absolute Gasteiger partial charge is 0.106 e. The van der Waals surface area contributed by atoms with Crippen molar-refractivity contribution in [1.82, 2.24) is 0 Å². The fraction of sp³-hybridized carbons (Fsp3) is 0.125. The maximum absolute atomic E-state index is 3.00. The molecule has 2 aromatic carbocycles. The van der Waals surface area contributed by atoms with Crippen molar-refractivity contribution in [2.24, 2.45) is 0 Å². The highest BCUT2D eigenvalue weighted by Gasteiger charge is 1.98. The molecular weight excluding hydrogens is 192 g/mol. The van der Waals surface area contributed by atoms with Gasteiger partial charge in [-0.15, -0.1) is 13.2 Å². The highest BCUT2D eigenvalue weighted by atomic mass is 14.0. The Kier molecular flexibility index (Phi) is 4.53. The van der Waals surface area contributed by atoms with Gasteiger partial charge in [0.05, 0.1) is 0 Å². The van der Waals surface area contributed by atoms with Gasteiger partial charge in [0.15, 0.2) is 0 Å². The summed E-state index contributed by atoms with van der Waals surface area (Å²) in [6.45, 7) is 10.3. The quantitative estimate of drug-likeness (QED) is 0.595. The Labute approximate surface area is 98.3 Å². The molecule has 0 fully saturated rings. The van der Waals surface area contributed by atoms with Crippen molar-refractivity contribution in [3.05, 3.63) is 72.8 Å². The SMILES string of the molecule is C=C.Cc1ccc(-c2ccccc2C)cc1. The van der Waals surface area contributed by atoms with E-state index in [0.717, 1.165) is 0 Å². The van der Waals surface area contributed by atoms with Gasteiger partial charge in [0.1, 0.15) is 0 Å². The molecule has 0 amide bonds. The first-order chi connectivity index (χ1) is 7.77. The third-order valence-electron chi connectivity index (χ3n) is 2.51. The van der Waals surface area contributed by atoms with E-state index < -0.39 is 0 Å². The predicted molar refractivity (Wildman–Crippen MR) is 72.6 cm³/mol. The Balaban J connectivity index is 0.000000606. The standard InChI is InChI=1S/C14H14.C2H4/c1-11-7-9-13(10-8-11)14-6-4-3-5-12(14)2;1-2/h3-10H,1-2H3;1-2H2. The molecule has 0 aliphatic heterocycles. The van der Waals surface area contributed by atoms with Crippen molar-refractivity contribution in [1.29, 1.82) is 0 Å². The van der Waals surface area contributed by atoms with Crippen molar-refractivity contribution in [3.8, 4) is 11.1 Å². The molecule has 2 aromatic rings. The van der Waals surface area contributed by atoms with Crippen LogP contribution in [-0.4, -0.2) is 0 Å². The summed E-state index contributed by atoms with van der Waals surface area (Å²) < 4.78 is 0. The number of benzene rings is 2. The van der Waals surface area contributed by atoms with Gasteiger partial charge in [0.25, 0.3) is 0 Å². The lowest BCUT2D eigenvalue weighted by molar-refractivity contribution is 1.43. The lowest BCUT2D eigenvalue weighted by Crippen LogP contribution is -1.82. The lowest BCUT2D eigenvalue weighted by atomic mass is 10.00. The van der Waals surface area contributed by atoms with Crippen LogP contribution in [0.2, 0.25) is 0 Å². The van der Waals surface area contributed by atoms with Crippen LogP contribution in [0.1, 0.15) is 11.1 Å². The zero-order valence-corrected chi connectivity index (χ0v) is 10.0. The second kappa shape index (κ2) is 5.92. The van der Waals surface area contributed by atoms with Gasteiger partial charge in [-0.3, -0.25) is 0 Å². The summed E-state index contributed by atoms with van der Waals surface area (Å²) in [5.74, 6) is 0. The highest BCUT2D eigenvalue weighted by molar-refractivity contribution is 5.67. The van der Waals surface area contributed by atoms with E-state index in [2.05, 4.69) is 75.5 Å². The molecule has 0 heteroatoms. The van der Waals surface area contributed by atoms with E-state index >= 15 is 0 Å². The molecule has 0 saturated carbocycles. The second-order valence-electron chi connectivity index (χ2n) is 3.68. The van der Waals surface area contributed by atoms with Crippen LogP contribution in [0.4, 0.5) is 0 Å². The first-order valence-corrected chi connectivity index (χ1v) is 5.40. The van der Waals surface area contributed by atoms with Gasteiger partial charge >= 0.3 is 0 Å². The molecule has 16 heavy (non-hydrogen) atoms. The van der Waals surface area contributed by atoms with Gasteiger partial charge in [0, 0.05) is 0 Å². The molecule has 0 atom stereocenters. The van der Waals surface area contributed by atoms with Gasteiger partial charge in [-0.25, -0.2) is 0 Å². The predicted octanol–water partition coefficient (Wildman–Crippen LogP) is 4.77. The van der Waals surface area contributed by atoms with E-state index in [0.29, 0.717) is 0 Å². The molecule has 82 valence electrons. The van der Waals surface area contributed by atoms with Gasteiger partial charge in [-0.1, -0.05) is 54.1 Å². The number of hydrogen-bond donors (Lipinski definition) is 0. The van der Waals surface area contributed by atoms with E-state index in [9.17, 15) is 0 Å². The van der Waals surface area contributed by atoms with Crippen LogP contribution >= 0.6 is 0 Å². The molecule has 0 unspecified atom stereocenters. The molecule has 0 aliphatic carbocycles. The van der Waals surface area contributed by atoms with Gasteiger partial charge in [0.2, 0.25) is 0 Å². The Hall–Kier alpha value is -1.82. The summed E-state index contributed by atoms with van der Waals surface area (Å²) in [7, 11) is 0. The van der Waals surface area contributed by atoms with E-state index in [4.69, 9.17) is 0 Å². The number of aryl methyl sites for hydroxylation is 2. The molecule has 0 nitrogen and oxygen atoms in total. The summed E-state index contributed by atoms with van der Waals surface area (Å²) in [5, 5.41) is 0. The van der Waals surface area contributed by atoms with Crippen LogP contribution in [-0.2, 0) is 0 Å². The smallest absolute Gasteiger partial charge is 0.0155 e. The summed E-state index contributed by atoms with van der Waals surface area (Å²) in [6.07, 6.45) is 0.